The molecule has 8 heteroatoms. The van der Waals surface area contributed by atoms with Crippen molar-refractivity contribution >= 4 is 35.0 Å². The molecule has 1 amide bonds. The molecule has 156 valence electrons. The summed E-state index contributed by atoms with van der Waals surface area (Å²) in [5, 5.41) is 15.7. The van der Waals surface area contributed by atoms with Gasteiger partial charge >= 0.3 is 0 Å². The number of tetrazole rings is 1. The molecular weight excluding hydrogens is 430 g/mol. The van der Waals surface area contributed by atoms with E-state index in [0.717, 1.165) is 28.1 Å². The van der Waals surface area contributed by atoms with Crippen LogP contribution in [-0.4, -0.2) is 26.1 Å². The second-order valence-electron chi connectivity index (χ2n) is 7.07. The quantitative estimate of drug-likeness (QED) is 0.399. The Labute approximate surface area is 189 Å². The van der Waals surface area contributed by atoms with E-state index in [1.54, 1.807) is 16.8 Å². The lowest BCUT2D eigenvalue weighted by molar-refractivity contribution is -0.115. The molecule has 1 unspecified atom stereocenters. The van der Waals surface area contributed by atoms with Crippen molar-refractivity contribution in [3.05, 3.63) is 94.5 Å². The zero-order chi connectivity index (χ0) is 21.8. The summed E-state index contributed by atoms with van der Waals surface area (Å²) in [4.78, 5) is 13.4. The minimum absolute atomic E-state index is 0.143. The van der Waals surface area contributed by atoms with Crippen LogP contribution in [-0.2, 0) is 4.79 Å². The third-order valence-corrected chi connectivity index (χ3v) is 6.17. The van der Waals surface area contributed by atoms with E-state index in [1.165, 1.54) is 11.8 Å². The molecule has 0 aliphatic carbocycles. The Morgan fingerprint density at radius 1 is 1.03 bits per heavy atom. The van der Waals surface area contributed by atoms with Gasteiger partial charge in [-0.3, -0.25) is 4.79 Å². The van der Waals surface area contributed by atoms with Crippen molar-refractivity contribution in [2.24, 2.45) is 0 Å². The van der Waals surface area contributed by atoms with Crippen LogP contribution in [0.5, 0.6) is 0 Å². The van der Waals surface area contributed by atoms with Crippen LogP contribution in [0.1, 0.15) is 21.9 Å². The van der Waals surface area contributed by atoms with Gasteiger partial charge in [0.25, 0.3) is 0 Å². The number of aromatic nitrogens is 4. The van der Waals surface area contributed by atoms with E-state index in [0.29, 0.717) is 10.2 Å². The fourth-order valence-corrected chi connectivity index (χ4v) is 4.19. The monoisotopic (exact) mass is 449 g/mol. The van der Waals surface area contributed by atoms with Crippen molar-refractivity contribution in [2.75, 3.05) is 5.32 Å². The highest BCUT2D eigenvalue weighted by Gasteiger charge is 2.26. The number of nitrogens with zero attached hydrogens (tertiary/aromatic N) is 4. The van der Waals surface area contributed by atoms with Crippen molar-refractivity contribution in [1.29, 1.82) is 0 Å². The third kappa shape index (κ3) is 4.95. The van der Waals surface area contributed by atoms with Crippen LogP contribution in [0.3, 0.4) is 0 Å². The topological polar surface area (TPSA) is 72.7 Å². The van der Waals surface area contributed by atoms with Crippen LogP contribution in [0.15, 0.2) is 78.0 Å². The van der Waals surface area contributed by atoms with Gasteiger partial charge in [-0.2, -0.15) is 4.68 Å². The van der Waals surface area contributed by atoms with Crippen LogP contribution in [0, 0.1) is 13.8 Å². The second-order valence-corrected chi connectivity index (χ2v) is 8.57. The summed E-state index contributed by atoms with van der Waals surface area (Å²) in [6.07, 6.45) is 0. The highest BCUT2D eigenvalue weighted by molar-refractivity contribution is 8.00. The number of amides is 1. The predicted octanol–water partition coefficient (Wildman–Crippen LogP) is 5.40. The van der Waals surface area contributed by atoms with Gasteiger partial charge in [-0.1, -0.05) is 65.8 Å². The highest BCUT2D eigenvalue weighted by atomic mass is 35.5. The molecule has 0 radical (unpaired) electrons. The predicted molar refractivity (Wildman–Crippen MR) is 124 cm³/mol. The summed E-state index contributed by atoms with van der Waals surface area (Å²) in [5.41, 5.74) is 4.50. The Hall–Kier alpha value is -3.16. The molecule has 0 saturated carbocycles. The smallest absolute Gasteiger partial charge is 0.242 e. The first-order valence-corrected chi connectivity index (χ1v) is 10.9. The minimum Gasteiger partial charge on any atom is -0.325 e. The average Bonchev–Trinajstić information content (AvgIpc) is 3.24. The highest BCUT2D eigenvalue weighted by Crippen LogP contribution is 2.36. The molecule has 0 bridgehead atoms. The van der Waals surface area contributed by atoms with Gasteiger partial charge in [0.2, 0.25) is 11.1 Å². The van der Waals surface area contributed by atoms with Gasteiger partial charge in [0.1, 0.15) is 5.25 Å². The molecule has 1 atom stereocenters. The summed E-state index contributed by atoms with van der Waals surface area (Å²) in [6.45, 7) is 3.97. The number of hydrogen-bond donors (Lipinski definition) is 1. The Balaban J connectivity index is 1.66. The number of carbonyl (C=O) groups excluding carboxylic acids is 1. The molecular formula is C23H20ClN5OS. The number of anilines is 1. The van der Waals surface area contributed by atoms with Crippen molar-refractivity contribution in [3.8, 4) is 5.69 Å². The van der Waals surface area contributed by atoms with Crippen LogP contribution >= 0.6 is 23.4 Å². The number of benzene rings is 3. The molecule has 0 aliphatic rings. The van der Waals surface area contributed by atoms with Gasteiger partial charge in [-0.05, 0) is 71.3 Å². The van der Waals surface area contributed by atoms with Gasteiger partial charge in [-0.15, -0.1) is 5.10 Å². The molecule has 1 heterocycles. The zero-order valence-corrected chi connectivity index (χ0v) is 18.6. The van der Waals surface area contributed by atoms with E-state index >= 15 is 0 Å². The van der Waals surface area contributed by atoms with Crippen LogP contribution < -0.4 is 5.32 Å². The molecule has 4 rings (SSSR count). The van der Waals surface area contributed by atoms with E-state index < -0.39 is 5.25 Å². The standard InChI is InChI=1S/C23H20ClN5OS/c1-15-8-9-16(2)20(14-15)25-22(30)21(17-6-4-3-5-7-17)31-23-26-27-28-29(23)19-12-10-18(24)11-13-19/h3-14,21H,1-2H3,(H,25,30). The molecule has 1 N–H and O–H groups in total. The fourth-order valence-electron chi connectivity index (χ4n) is 3.07. The largest absolute Gasteiger partial charge is 0.325 e. The van der Waals surface area contributed by atoms with Gasteiger partial charge in [0, 0.05) is 10.7 Å². The number of carbonyl (C=O) groups is 1. The van der Waals surface area contributed by atoms with E-state index in [1.807, 2.05) is 74.5 Å². The number of aryl methyl sites for hydroxylation is 2. The van der Waals surface area contributed by atoms with Crippen LogP contribution in [0.25, 0.3) is 5.69 Å². The second kappa shape index (κ2) is 9.32. The maximum absolute atomic E-state index is 13.4. The normalized spacial score (nSPS) is 11.8. The minimum atomic E-state index is -0.543. The van der Waals surface area contributed by atoms with E-state index in [4.69, 9.17) is 11.6 Å². The molecule has 31 heavy (non-hydrogen) atoms. The first-order valence-electron chi connectivity index (χ1n) is 9.65. The van der Waals surface area contributed by atoms with Crippen molar-refractivity contribution in [2.45, 2.75) is 24.3 Å². The van der Waals surface area contributed by atoms with Gasteiger partial charge in [-0.25, -0.2) is 0 Å². The van der Waals surface area contributed by atoms with Crippen molar-refractivity contribution in [1.82, 2.24) is 20.2 Å². The lowest BCUT2D eigenvalue weighted by atomic mass is 10.1. The van der Waals surface area contributed by atoms with Crippen LogP contribution in [0.2, 0.25) is 5.02 Å². The van der Waals surface area contributed by atoms with Crippen LogP contribution in [0.4, 0.5) is 5.69 Å². The Morgan fingerprint density at radius 2 is 1.77 bits per heavy atom. The van der Waals surface area contributed by atoms with Crippen molar-refractivity contribution < 1.29 is 4.79 Å². The summed E-state index contributed by atoms with van der Waals surface area (Å²) < 4.78 is 1.60. The zero-order valence-electron chi connectivity index (χ0n) is 17.0. The molecule has 1 aromatic heterocycles. The summed E-state index contributed by atoms with van der Waals surface area (Å²) in [6, 6.07) is 22.8. The maximum atomic E-state index is 13.4. The summed E-state index contributed by atoms with van der Waals surface area (Å²) >= 11 is 7.29. The first-order chi connectivity index (χ1) is 15.0. The molecule has 0 saturated heterocycles. The number of rotatable bonds is 6. The maximum Gasteiger partial charge on any atom is 0.242 e. The average molecular weight is 450 g/mol. The molecule has 0 aliphatic heterocycles. The summed E-state index contributed by atoms with van der Waals surface area (Å²) in [5.74, 6) is -0.143. The third-order valence-electron chi connectivity index (χ3n) is 4.73. The number of halogens is 1. The number of nitrogens with one attached hydrogen (secondary N) is 1. The lowest BCUT2D eigenvalue weighted by Gasteiger charge is -2.18. The van der Waals surface area contributed by atoms with Crippen molar-refractivity contribution in [3.63, 3.8) is 0 Å². The molecule has 3 aromatic carbocycles. The Bertz CT molecular complexity index is 1190. The molecule has 4 aromatic rings. The molecule has 6 nitrogen and oxygen atoms in total. The summed E-state index contributed by atoms with van der Waals surface area (Å²) in [7, 11) is 0. The Morgan fingerprint density at radius 3 is 2.52 bits per heavy atom. The SMILES string of the molecule is Cc1ccc(C)c(NC(=O)C(Sc2nnnn2-c2ccc(Cl)cc2)c2ccccc2)c1. The Kier molecular flexibility index (Phi) is 6.34. The number of thioether (sulfide) groups is 1. The number of hydrogen-bond acceptors (Lipinski definition) is 5. The van der Waals surface area contributed by atoms with E-state index in [9.17, 15) is 4.79 Å². The van der Waals surface area contributed by atoms with E-state index in [-0.39, 0.29) is 5.91 Å². The van der Waals surface area contributed by atoms with Gasteiger partial charge < -0.3 is 5.32 Å². The molecule has 0 spiro atoms. The molecule has 0 fully saturated rings. The van der Waals surface area contributed by atoms with Gasteiger partial charge in [0.05, 0.1) is 5.69 Å². The van der Waals surface area contributed by atoms with E-state index in [2.05, 4.69) is 20.8 Å². The fraction of sp³-hybridized carbons (Fsp3) is 0.130. The lowest BCUT2D eigenvalue weighted by Crippen LogP contribution is -2.20. The first kappa shape index (κ1) is 21.1. The van der Waals surface area contributed by atoms with Gasteiger partial charge in [0.15, 0.2) is 0 Å².